The molecule has 0 aliphatic heterocycles. The SMILES string of the molecule is C[C@H](CCc1ccco1)NC(=O)CN(C)S(=O)(=O)c1ccc2ccccc2c1. The Balaban J connectivity index is 1.60. The van der Waals surface area contributed by atoms with Crippen LogP contribution in [0.2, 0.25) is 0 Å². The fraction of sp³-hybridized carbons (Fsp3) is 0.286. The van der Waals surface area contributed by atoms with Gasteiger partial charge in [0.15, 0.2) is 0 Å². The lowest BCUT2D eigenvalue weighted by Crippen LogP contribution is -2.41. The second kappa shape index (κ2) is 8.58. The van der Waals surface area contributed by atoms with Gasteiger partial charge in [-0.3, -0.25) is 4.79 Å². The Morgan fingerprint density at radius 1 is 1.11 bits per heavy atom. The summed E-state index contributed by atoms with van der Waals surface area (Å²) in [4.78, 5) is 12.4. The lowest BCUT2D eigenvalue weighted by Gasteiger charge is -2.19. The van der Waals surface area contributed by atoms with Crippen LogP contribution in [0.4, 0.5) is 0 Å². The molecule has 2 aromatic carbocycles. The van der Waals surface area contributed by atoms with Gasteiger partial charge in [-0.15, -0.1) is 0 Å². The molecule has 0 fully saturated rings. The van der Waals surface area contributed by atoms with Crippen LogP contribution in [0.1, 0.15) is 19.1 Å². The van der Waals surface area contributed by atoms with Crippen LogP contribution in [0, 0.1) is 0 Å². The molecule has 0 aliphatic carbocycles. The minimum Gasteiger partial charge on any atom is -0.469 e. The fourth-order valence-corrected chi connectivity index (χ4v) is 4.16. The van der Waals surface area contributed by atoms with E-state index in [4.69, 9.17) is 4.42 Å². The van der Waals surface area contributed by atoms with Gasteiger partial charge in [-0.05, 0) is 48.4 Å². The molecule has 0 saturated heterocycles. The second-order valence-corrected chi connectivity index (χ2v) is 8.90. The number of aryl methyl sites for hydroxylation is 1. The van der Waals surface area contributed by atoms with Crippen LogP contribution in [0.15, 0.2) is 70.2 Å². The maximum Gasteiger partial charge on any atom is 0.243 e. The second-order valence-electron chi connectivity index (χ2n) is 6.86. The number of sulfonamides is 1. The Morgan fingerprint density at radius 2 is 1.86 bits per heavy atom. The molecule has 0 spiro atoms. The molecule has 3 aromatic rings. The fourth-order valence-electron chi connectivity index (χ4n) is 3.00. The van der Waals surface area contributed by atoms with Gasteiger partial charge < -0.3 is 9.73 Å². The Bertz CT molecular complexity index is 1050. The highest BCUT2D eigenvalue weighted by Crippen LogP contribution is 2.21. The van der Waals surface area contributed by atoms with Crippen molar-refractivity contribution in [1.82, 2.24) is 9.62 Å². The number of nitrogens with zero attached hydrogens (tertiary/aromatic N) is 1. The molecule has 148 valence electrons. The molecule has 0 saturated carbocycles. The number of benzene rings is 2. The van der Waals surface area contributed by atoms with Crippen LogP contribution >= 0.6 is 0 Å². The molecular formula is C21H24N2O4S. The van der Waals surface area contributed by atoms with Crippen LogP contribution in [0.5, 0.6) is 0 Å². The summed E-state index contributed by atoms with van der Waals surface area (Å²) in [5.41, 5.74) is 0. The van der Waals surface area contributed by atoms with E-state index in [-0.39, 0.29) is 23.4 Å². The highest BCUT2D eigenvalue weighted by atomic mass is 32.2. The molecule has 0 unspecified atom stereocenters. The van der Waals surface area contributed by atoms with Crippen molar-refractivity contribution in [3.05, 3.63) is 66.6 Å². The van der Waals surface area contributed by atoms with Crippen LogP contribution in [-0.2, 0) is 21.2 Å². The number of carbonyl (C=O) groups excluding carboxylic acids is 1. The summed E-state index contributed by atoms with van der Waals surface area (Å²) < 4.78 is 32.0. The number of amides is 1. The Morgan fingerprint density at radius 3 is 2.57 bits per heavy atom. The molecule has 0 aliphatic rings. The number of hydrogen-bond donors (Lipinski definition) is 1. The Kier molecular flexibility index (Phi) is 6.16. The van der Waals surface area contributed by atoms with Crippen molar-refractivity contribution >= 4 is 26.7 Å². The van der Waals surface area contributed by atoms with E-state index >= 15 is 0 Å². The number of hydrogen-bond acceptors (Lipinski definition) is 4. The normalized spacial score (nSPS) is 13.0. The topological polar surface area (TPSA) is 79.6 Å². The molecule has 0 radical (unpaired) electrons. The molecule has 1 heterocycles. The number of rotatable bonds is 8. The Labute approximate surface area is 165 Å². The van der Waals surface area contributed by atoms with Gasteiger partial charge in [0.1, 0.15) is 5.76 Å². The van der Waals surface area contributed by atoms with Gasteiger partial charge in [0.05, 0.1) is 17.7 Å². The molecule has 1 aromatic heterocycles. The van der Waals surface area contributed by atoms with Gasteiger partial charge in [-0.2, -0.15) is 4.31 Å². The molecule has 1 atom stereocenters. The van der Waals surface area contributed by atoms with Crippen molar-refractivity contribution in [2.75, 3.05) is 13.6 Å². The van der Waals surface area contributed by atoms with Crippen molar-refractivity contribution < 1.29 is 17.6 Å². The third-order valence-corrected chi connectivity index (χ3v) is 6.41. The zero-order chi connectivity index (χ0) is 20.1. The van der Waals surface area contributed by atoms with Crippen molar-refractivity contribution in [2.45, 2.75) is 30.7 Å². The van der Waals surface area contributed by atoms with Crippen LogP contribution < -0.4 is 5.32 Å². The van der Waals surface area contributed by atoms with Gasteiger partial charge in [-0.1, -0.05) is 30.3 Å². The predicted octanol–water partition coefficient (Wildman–Crippen LogP) is 3.19. The average molecular weight is 401 g/mol. The summed E-state index contributed by atoms with van der Waals surface area (Å²) in [6, 6.07) is 16.1. The lowest BCUT2D eigenvalue weighted by molar-refractivity contribution is -0.121. The molecule has 28 heavy (non-hydrogen) atoms. The van der Waals surface area contributed by atoms with E-state index in [1.54, 1.807) is 24.5 Å². The third-order valence-electron chi connectivity index (χ3n) is 4.61. The largest absolute Gasteiger partial charge is 0.469 e. The van der Waals surface area contributed by atoms with E-state index in [0.717, 1.165) is 20.8 Å². The smallest absolute Gasteiger partial charge is 0.243 e. The van der Waals surface area contributed by atoms with E-state index in [1.807, 2.05) is 43.3 Å². The maximum absolute atomic E-state index is 12.8. The van der Waals surface area contributed by atoms with Crippen molar-refractivity contribution in [3.8, 4) is 0 Å². The standard InChI is InChI=1S/C21H24N2O4S/c1-16(9-11-19-8-5-13-27-19)22-21(24)15-23(2)28(25,26)20-12-10-17-6-3-4-7-18(17)14-20/h3-8,10,12-14,16H,9,11,15H2,1-2H3,(H,22,24)/t16-/m1/s1. The monoisotopic (exact) mass is 400 g/mol. The highest BCUT2D eigenvalue weighted by Gasteiger charge is 2.23. The first kappa shape index (κ1) is 20.1. The molecule has 3 rings (SSSR count). The minimum atomic E-state index is -3.75. The summed E-state index contributed by atoms with van der Waals surface area (Å²) in [7, 11) is -2.34. The molecule has 7 heteroatoms. The zero-order valence-electron chi connectivity index (χ0n) is 16.0. The van der Waals surface area contributed by atoms with Crippen LogP contribution in [-0.4, -0.2) is 38.3 Å². The first-order valence-electron chi connectivity index (χ1n) is 9.13. The summed E-state index contributed by atoms with van der Waals surface area (Å²) in [5, 5.41) is 4.65. The van der Waals surface area contributed by atoms with Gasteiger partial charge in [-0.25, -0.2) is 8.42 Å². The number of carbonyl (C=O) groups is 1. The maximum atomic E-state index is 12.8. The highest BCUT2D eigenvalue weighted by molar-refractivity contribution is 7.89. The molecule has 1 N–H and O–H groups in total. The molecule has 6 nitrogen and oxygen atoms in total. The average Bonchev–Trinajstić information content (AvgIpc) is 3.19. The Hall–Kier alpha value is -2.64. The van der Waals surface area contributed by atoms with Gasteiger partial charge in [0.2, 0.25) is 15.9 Å². The molecule has 1 amide bonds. The first-order chi connectivity index (χ1) is 13.4. The van der Waals surface area contributed by atoms with Crippen molar-refractivity contribution in [2.24, 2.45) is 0 Å². The quantitative estimate of drug-likeness (QED) is 0.630. The van der Waals surface area contributed by atoms with Gasteiger partial charge in [0, 0.05) is 19.5 Å². The summed E-state index contributed by atoms with van der Waals surface area (Å²) >= 11 is 0. The number of furan rings is 1. The van der Waals surface area contributed by atoms with E-state index in [9.17, 15) is 13.2 Å². The van der Waals surface area contributed by atoms with E-state index in [1.165, 1.54) is 7.05 Å². The van der Waals surface area contributed by atoms with E-state index in [0.29, 0.717) is 12.8 Å². The number of fused-ring (bicyclic) bond motifs is 1. The lowest BCUT2D eigenvalue weighted by atomic mass is 10.1. The zero-order valence-corrected chi connectivity index (χ0v) is 16.8. The summed E-state index contributed by atoms with van der Waals surface area (Å²) in [5.74, 6) is 0.524. The number of likely N-dealkylation sites (N-methyl/N-ethyl adjacent to an activating group) is 1. The first-order valence-corrected chi connectivity index (χ1v) is 10.6. The predicted molar refractivity (Wildman–Crippen MR) is 108 cm³/mol. The van der Waals surface area contributed by atoms with E-state index < -0.39 is 10.0 Å². The van der Waals surface area contributed by atoms with Gasteiger partial charge >= 0.3 is 0 Å². The third kappa shape index (κ3) is 4.79. The number of nitrogens with one attached hydrogen (secondary N) is 1. The van der Waals surface area contributed by atoms with E-state index in [2.05, 4.69) is 5.32 Å². The van der Waals surface area contributed by atoms with Crippen molar-refractivity contribution in [1.29, 1.82) is 0 Å². The van der Waals surface area contributed by atoms with Crippen molar-refractivity contribution in [3.63, 3.8) is 0 Å². The summed E-state index contributed by atoms with van der Waals surface area (Å²) in [6.45, 7) is 1.65. The minimum absolute atomic E-state index is 0.0885. The van der Waals surface area contributed by atoms with Gasteiger partial charge in [0.25, 0.3) is 0 Å². The molecular weight excluding hydrogens is 376 g/mol. The molecule has 0 bridgehead atoms. The van der Waals surface area contributed by atoms with Crippen LogP contribution in [0.25, 0.3) is 10.8 Å². The van der Waals surface area contributed by atoms with Crippen LogP contribution in [0.3, 0.4) is 0 Å². The summed E-state index contributed by atoms with van der Waals surface area (Å²) in [6.07, 6.45) is 3.03.